The summed E-state index contributed by atoms with van der Waals surface area (Å²) in [6, 6.07) is 11.3. The van der Waals surface area contributed by atoms with Gasteiger partial charge in [0, 0.05) is 0 Å². The van der Waals surface area contributed by atoms with Gasteiger partial charge in [0.2, 0.25) is 0 Å². The molecule has 0 bridgehead atoms. The van der Waals surface area contributed by atoms with Crippen molar-refractivity contribution in [1.29, 1.82) is 0 Å². The fourth-order valence-corrected chi connectivity index (χ4v) is 1.37. The molecule has 0 radical (unpaired) electrons. The molecular formula is C11H15W-. The summed E-state index contributed by atoms with van der Waals surface area (Å²) in [7, 11) is 0. The van der Waals surface area contributed by atoms with E-state index in [9.17, 15) is 0 Å². The van der Waals surface area contributed by atoms with Crippen LogP contribution >= 0.6 is 0 Å². The van der Waals surface area contributed by atoms with Gasteiger partial charge in [-0.15, -0.1) is 0 Å². The van der Waals surface area contributed by atoms with Gasteiger partial charge >= 0.3 is 72.5 Å². The Labute approximate surface area is 86.4 Å². The van der Waals surface area contributed by atoms with Crippen LogP contribution in [0.25, 0.3) is 0 Å². The van der Waals surface area contributed by atoms with Gasteiger partial charge in [-0.05, 0) is 0 Å². The second-order valence-corrected chi connectivity index (χ2v) is 4.77. The van der Waals surface area contributed by atoms with Crippen LogP contribution in [0.15, 0.2) is 24.3 Å². The standard InChI is InChI=1S/C9H9.C2H6.W/c1-2-6-9-7-4-3-5-8-9;1-2;/h3-5,7H,6H2,1H3;1-2H3;/q-1;;. The Morgan fingerprint density at radius 2 is 2.08 bits per heavy atom. The van der Waals surface area contributed by atoms with Crippen molar-refractivity contribution in [3.05, 3.63) is 35.9 Å². The van der Waals surface area contributed by atoms with Gasteiger partial charge in [0.25, 0.3) is 0 Å². The van der Waals surface area contributed by atoms with E-state index in [0.29, 0.717) is 0 Å². The van der Waals surface area contributed by atoms with E-state index in [1.165, 1.54) is 9.46 Å². The summed E-state index contributed by atoms with van der Waals surface area (Å²) in [6.45, 7) is 6.18. The molecule has 0 saturated carbocycles. The second kappa shape index (κ2) is 7.43. The van der Waals surface area contributed by atoms with E-state index in [0.717, 1.165) is 6.42 Å². The van der Waals surface area contributed by atoms with Crippen molar-refractivity contribution in [2.75, 3.05) is 0 Å². The van der Waals surface area contributed by atoms with Crippen molar-refractivity contribution < 1.29 is 19.4 Å². The van der Waals surface area contributed by atoms with Crippen LogP contribution in [0.2, 0.25) is 0 Å². The SMILES string of the molecule is CC.C[C](=[W])Cc1[c-]cccc1. The maximum atomic E-state index is 3.19. The molecule has 0 amide bonds. The molecule has 0 atom stereocenters. The van der Waals surface area contributed by atoms with Gasteiger partial charge in [-0.3, -0.25) is 0 Å². The summed E-state index contributed by atoms with van der Waals surface area (Å²) in [5.41, 5.74) is 1.30. The van der Waals surface area contributed by atoms with Crippen molar-refractivity contribution in [1.82, 2.24) is 0 Å². The van der Waals surface area contributed by atoms with Crippen LogP contribution in [0.3, 0.4) is 0 Å². The molecule has 66 valence electrons. The minimum atomic E-state index is 1.09. The van der Waals surface area contributed by atoms with Gasteiger partial charge in [0.05, 0.1) is 0 Å². The first-order valence-electron chi connectivity index (χ1n) is 4.24. The first kappa shape index (κ1) is 11.8. The average molecular weight is 331 g/mol. The van der Waals surface area contributed by atoms with Crippen LogP contribution < -0.4 is 0 Å². The molecule has 0 fully saturated rings. The Morgan fingerprint density at radius 1 is 1.42 bits per heavy atom. The molecule has 0 unspecified atom stereocenters. The molecule has 1 aromatic carbocycles. The van der Waals surface area contributed by atoms with Gasteiger partial charge < -0.3 is 0 Å². The van der Waals surface area contributed by atoms with Gasteiger partial charge in [-0.25, -0.2) is 0 Å². The van der Waals surface area contributed by atoms with E-state index >= 15 is 0 Å². The van der Waals surface area contributed by atoms with Crippen LogP contribution in [-0.2, 0) is 25.8 Å². The molecule has 0 spiro atoms. The van der Waals surface area contributed by atoms with Gasteiger partial charge in [-0.1, -0.05) is 13.8 Å². The summed E-state index contributed by atoms with van der Waals surface area (Å²) in [5.74, 6) is 0. The van der Waals surface area contributed by atoms with Crippen LogP contribution in [0.5, 0.6) is 0 Å². The molecule has 1 heteroatoms. The van der Waals surface area contributed by atoms with E-state index in [4.69, 9.17) is 0 Å². The van der Waals surface area contributed by atoms with Crippen LogP contribution in [0.1, 0.15) is 26.3 Å². The van der Waals surface area contributed by atoms with Crippen LogP contribution in [0.4, 0.5) is 0 Å². The quantitative estimate of drug-likeness (QED) is 0.731. The second-order valence-electron chi connectivity index (χ2n) is 2.27. The zero-order valence-electron chi connectivity index (χ0n) is 7.92. The van der Waals surface area contributed by atoms with E-state index in [2.05, 4.69) is 25.1 Å². The van der Waals surface area contributed by atoms with Crippen molar-refractivity contribution >= 4 is 3.90 Å². The summed E-state index contributed by atoms with van der Waals surface area (Å²) >= 11 is 1.58. The first-order chi connectivity index (χ1) is 5.79. The number of benzene rings is 1. The Hall–Kier alpha value is -0.222. The molecule has 0 N–H and O–H groups in total. The third kappa shape index (κ3) is 5.43. The molecule has 0 aliphatic carbocycles. The number of hydrogen-bond donors (Lipinski definition) is 0. The Balaban J connectivity index is 0.000000561. The Kier molecular flexibility index (Phi) is 7.29. The van der Waals surface area contributed by atoms with E-state index in [1.807, 2.05) is 26.0 Å². The zero-order chi connectivity index (χ0) is 9.40. The fourth-order valence-electron chi connectivity index (χ4n) is 0.809. The summed E-state index contributed by atoms with van der Waals surface area (Å²) in [4.78, 5) is 0. The predicted octanol–water partition coefficient (Wildman–Crippen LogP) is 2.79. The molecule has 0 saturated heterocycles. The van der Waals surface area contributed by atoms with Crippen molar-refractivity contribution in [3.63, 3.8) is 0 Å². The fraction of sp³-hybridized carbons (Fsp3) is 0.364. The molecular weight excluding hydrogens is 316 g/mol. The molecule has 0 heterocycles. The van der Waals surface area contributed by atoms with E-state index < -0.39 is 0 Å². The van der Waals surface area contributed by atoms with Crippen molar-refractivity contribution in [2.45, 2.75) is 27.2 Å². The topological polar surface area (TPSA) is 0 Å². The monoisotopic (exact) mass is 331 g/mol. The van der Waals surface area contributed by atoms with Gasteiger partial charge in [0.1, 0.15) is 0 Å². The van der Waals surface area contributed by atoms with Gasteiger partial charge in [0.15, 0.2) is 0 Å². The molecule has 0 aromatic heterocycles. The van der Waals surface area contributed by atoms with Gasteiger partial charge in [-0.2, -0.15) is 0 Å². The molecule has 1 rings (SSSR count). The molecule has 0 nitrogen and oxygen atoms in total. The molecule has 0 aliphatic heterocycles. The third-order valence-corrected chi connectivity index (χ3v) is 1.73. The van der Waals surface area contributed by atoms with Crippen molar-refractivity contribution in [3.8, 4) is 0 Å². The summed E-state index contributed by atoms with van der Waals surface area (Å²) < 4.78 is 1.52. The molecule has 12 heavy (non-hydrogen) atoms. The van der Waals surface area contributed by atoms with E-state index in [1.54, 1.807) is 19.4 Å². The Bertz CT molecular complexity index is 214. The summed E-state index contributed by atoms with van der Waals surface area (Å²) in [5, 5.41) is 0. The minimum absolute atomic E-state index is 1.09. The normalized spacial score (nSPS) is 8.25. The van der Waals surface area contributed by atoms with Crippen molar-refractivity contribution in [2.24, 2.45) is 0 Å². The van der Waals surface area contributed by atoms with E-state index in [-0.39, 0.29) is 0 Å². The van der Waals surface area contributed by atoms with Crippen LogP contribution in [-0.4, -0.2) is 3.90 Å². The molecule has 0 aliphatic rings. The summed E-state index contributed by atoms with van der Waals surface area (Å²) in [6.07, 6.45) is 1.09. The van der Waals surface area contributed by atoms with Crippen LogP contribution in [0, 0.1) is 6.07 Å². The average Bonchev–Trinajstić information content (AvgIpc) is 2.08. The zero-order valence-corrected chi connectivity index (χ0v) is 10.9. The number of hydrogen-bond acceptors (Lipinski definition) is 0. The predicted molar refractivity (Wildman–Crippen MR) is 51.0 cm³/mol. The first-order valence-corrected chi connectivity index (χ1v) is 5.71. The number of rotatable bonds is 2. The Morgan fingerprint density at radius 3 is 2.50 bits per heavy atom. The third-order valence-electron chi connectivity index (χ3n) is 1.21. The maximum absolute atomic E-state index is 3.19. The molecule has 1 aromatic rings.